The summed E-state index contributed by atoms with van der Waals surface area (Å²) in [5, 5.41) is 2.80. The SMILES string of the molecule is COc1cc([C@H]2c3c(oc4ccc(C)cc4c3=O)C(=O)N2c2nc(C)cs2)ccc1OCc1ccccc1. The molecule has 0 fully saturated rings. The minimum atomic E-state index is -0.735. The molecule has 0 N–H and O–H groups in total. The van der Waals surface area contributed by atoms with Crippen LogP contribution >= 0.6 is 11.3 Å². The highest BCUT2D eigenvalue weighted by atomic mass is 32.1. The Bertz CT molecular complexity index is 1740. The number of anilines is 1. The molecule has 1 atom stereocenters. The number of carbonyl (C=O) groups excluding carboxylic acids is 1. The van der Waals surface area contributed by atoms with Crippen LogP contribution in [0.4, 0.5) is 5.13 Å². The summed E-state index contributed by atoms with van der Waals surface area (Å²) >= 11 is 1.35. The Morgan fingerprint density at radius 3 is 2.55 bits per heavy atom. The maximum absolute atomic E-state index is 13.9. The third-order valence-electron chi connectivity index (χ3n) is 6.58. The van der Waals surface area contributed by atoms with E-state index in [0.717, 1.165) is 16.8 Å². The maximum Gasteiger partial charge on any atom is 0.297 e. The normalized spacial score (nSPS) is 14.7. The number of benzene rings is 3. The number of carbonyl (C=O) groups is 1. The van der Waals surface area contributed by atoms with Crippen molar-refractivity contribution in [3.63, 3.8) is 0 Å². The second kappa shape index (κ2) is 9.46. The van der Waals surface area contributed by atoms with E-state index in [2.05, 4.69) is 4.98 Å². The van der Waals surface area contributed by atoms with Crippen molar-refractivity contribution in [2.45, 2.75) is 26.5 Å². The summed E-state index contributed by atoms with van der Waals surface area (Å²) in [6.07, 6.45) is 0. The van der Waals surface area contributed by atoms with E-state index >= 15 is 0 Å². The van der Waals surface area contributed by atoms with Crippen LogP contribution < -0.4 is 19.8 Å². The van der Waals surface area contributed by atoms with Crippen molar-refractivity contribution in [1.82, 2.24) is 4.98 Å². The molecule has 38 heavy (non-hydrogen) atoms. The number of methoxy groups -OCH3 is 1. The van der Waals surface area contributed by atoms with Gasteiger partial charge in [0.15, 0.2) is 22.1 Å². The van der Waals surface area contributed by atoms with Crippen molar-refractivity contribution in [3.8, 4) is 11.5 Å². The molecule has 0 radical (unpaired) electrons. The summed E-state index contributed by atoms with van der Waals surface area (Å²) in [6, 6.07) is 19.9. The van der Waals surface area contributed by atoms with E-state index in [0.29, 0.717) is 45.3 Å². The summed E-state index contributed by atoms with van der Waals surface area (Å²) in [6.45, 7) is 4.16. The molecule has 0 saturated carbocycles. The molecule has 7 nitrogen and oxygen atoms in total. The van der Waals surface area contributed by atoms with Gasteiger partial charge in [-0.3, -0.25) is 14.5 Å². The van der Waals surface area contributed by atoms with Gasteiger partial charge in [-0.15, -0.1) is 11.3 Å². The molecule has 1 aliphatic rings. The molecule has 2 aromatic heterocycles. The van der Waals surface area contributed by atoms with Crippen LogP contribution in [0, 0.1) is 13.8 Å². The Labute approximate surface area is 222 Å². The highest BCUT2D eigenvalue weighted by Crippen LogP contribution is 2.44. The third-order valence-corrected chi connectivity index (χ3v) is 7.54. The van der Waals surface area contributed by atoms with E-state index in [-0.39, 0.29) is 11.2 Å². The van der Waals surface area contributed by atoms with E-state index in [1.165, 1.54) is 16.2 Å². The Balaban J connectivity index is 1.49. The minimum Gasteiger partial charge on any atom is -0.493 e. The number of ether oxygens (including phenoxy) is 2. The predicted molar refractivity (Wildman–Crippen MR) is 146 cm³/mol. The average molecular weight is 525 g/mol. The van der Waals surface area contributed by atoms with Gasteiger partial charge in [-0.25, -0.2) is 4.98 Å². The number of rotatable bonds is 6. The molecule has 6 rings (SSSR count). The molecule has 8 heteroatoms. The molecule has 0 aliphatic carbocycles. The monoisotopic (exact) mass is 524 g/mol. The quantitative estimate of drug-likeness (QED) is 0.263. The van der Waals surface area contributed by atoms with Gasteiger partial charge in [-0.2, -0.15) is 0 Å². The standard InChI is InChI=1S/C30H24N2O5S/c1-17-9-11-22-21(13-17)27(33)25-26(32(29(34)28(25)37-22)30-31-18(2)16-38-30)20-10-12-23(24(14-20)35-3)36-15-19-7-5-4-6-8-19/h4-14,16,26H,15H2,1-3H3/t26-/m0/s1. The second-order valence-electron chi connectivity index (χ2n) is 9.21. The fraction of sp³-hybridized carbons (Fsp3) is 0.167. The third kappa shape index (κ3) is 4.03. The van der Waals surface area contributed by atoms with Crippen LogP contribution in [0.15, 0.2) is 81.3 Å². The van der Waals surface area contributed by atoms with Crippen LogP contribution in [0.1, 0.15) is 44.5 Å². The van der Waals surface area contributed by atoms with Crippen molar-refractivity contribution in [2.24, 2.45) is 0 Å². The Morgan fingerprint density at radius 2 is 1.82 bits per heavy atom. The van der Waals surface area contributed by atoms with E-state index in [4.69, 9.17) is 13.9 Å². The fourth-order valence-electron chi connectivity index (χ4n) is 4.76. The van der Waals surface area contributed by atoms with Gasteiger partial charge in [0.1, 0.15) is 12.2 Å². The van der Waals surface area contributed by atoms with Crippen LogP contribution in [-0.2, 0) is 6.61 Å². The highest BCUT2D eigenvalue weighted by molar-refractivity contribution is 7.14. The topological polar surface area (TPSA) is 81.9 Å². The zero-order valence-corrected chi connectivity index (χ0v) is 21.9. The highest BCUT2D eigenvalue weighted by Gasteiger charge is 2.45. The summed E-state index contributed by atoms with van der Waals surface area (Å²) in [5.74, 6) is 0.688. The Hall–Kier alpha value is -4.43. The van der Waals surface area contributed by atoms with Crippen molar-refractivity contribution in [1.29, 1.82) is 0 Å². The van der Waals surface area contributed by atoms with Crippen LogP contribution in [0.2, 0.25) is 0 Å². The van der Waals surface area contributed by atoms with Crippen molar-refractivity contribution in [3.05, 3.63) is 116 Å². The Morgan fingerprint density at radius 1 is 1.00 bits per heavy atom. The minimum absolute atomic E-state index is 0.0348. The molecular weight excluding hydrogens is 500 g/mol. The number of hydrogen-bond acceptors (Lipinski definition) is 7. The lowest BCUT2D eigenvalue weighted by molar-refractivity contribution is 0.0971. The number of thiazole rings is 1. The van der Waals surface area contributed by atoms with Gasteiger partial charge < -0.3 is 13.9 Å². The predicted octanol–water partition coefficient (Wildman–Crippen LogP) is 6.20. The smallest absolute Gasteiger partial charge is 0.297 e. The lowest BCUT2D eigenvalue weighted by atomic mass is 9.98. The molecule has 5 aromatic rings. The summed E-state index contributed by atoms with van der Waals surface area (Å²) in [7, 11) is 1.56. The summed E-state index contributed by atoms with van der Waals surface area (Å²) in [5.41, 5.74) is 3.87. The number of aromatic nitrogens is 1. The second-order valence-corrected chi connectivity index (χ2v) is 10.0. The molecule has 1 aliphatic heterocycles. The lowest BCUT2D eigenvalue weighted by Gasteiger charge is -2.23. The molecule has 0 bridgehead atoms. The van der Waals surface area contributed by atoms with E-state index < -0.39 is 11.9 Å². The van der Waals surface area contributed by atoms with Gasteiger partial charge in [0, 0.05) is 5.38 Å². The molecule has 0 unspecified atom stereocenters. The molecule has 3 heterocycles. The number of amides is 1. The lowest BCUT2D eigenvalue weighted by Crippen LogP contribution is -2.29. The first kappa shape index (κ1) is 23.9. The number of aryl methyl sites for hydroxylation is 2. The van der Waals surface area contributed by atoms with Gasteiger partial charge in [0.25, 0.3) is 5.91 Å². The van der Waals surface area contributed by atoms with E-state index in [1.54, 1.807) is 31.4 Å². The van der Waals surface area contributed by atoms with Crippen molar-refractivity contribution >= 4 is 33.3 Å². The van der Waals surface area contributed by atoms with Crippen LogP contribution in [0.25, 0.3) is 11.0 Å². The zero-order valence-electron chi connectivity index (χ0n) is 21.1. The van der Waals surface area contributed by atoms with E-state index in [9.17, 15) is 9.59 Å². The van der Waals surface area contributed by atoms with Gasteiger partial charge in [0.2, 0.25) is 5.76 Å². The van der Waals surface area contributed by atoms with Gasteiger partial charge in [-0.05, 0) is 49.2 Å². The first-order valence-electron chi connectivity index (χ1n) is 12.1. The van der Waals surface area contributed by atoms with Crippen LogP contribution in [-0.4, -0.2) is 18.0 Å². The largest absolute Gasteiger partial charge is 0.493 e. The zero-order chi connectivity index (χ0) is 26.4. The molecule has 190 valence electrons. The first-order chi connectivity index (χ1) is 18.4. The Kier molecular flexibility index (Phi) is 5.96. The number of fused-ring (bicyclic) bond motifs is 2. The molecule has 1 amide bonds. The molecule has 0 spiro atoms. The van der Waals surface area contributed by atoms with Gasteiger partial charge in [-0.1, -0.05) is 48.0 Å². The fourth-order valence-corrected chi connectivity index (χ4v) is 5.59. The van der Waals surface area contributed by atoms with Crippen molar-refractivity contribution < 1.29 is 18.7 Å². The van der Waals surface area contributed by atoms with Gasteiger partial charge >= 0.3 is 0 Å². The van der Waals surface area contributed by atoms with Gasteiger partial charge in [0.05, 0.1) is 29.8 Å². The molecule has 0 saturated heterocycles. The number of hydrogen-bond donors (Lipinski definition) is 0. The number of nitrogens with zero attached hydrogens (tertiary/aromatic N) is 2. The average Bonchev–Trinajstić information content (AvgIpc) is 3.49. The van der Waals surface area contributed by atoms with Crippen LogP contribution in [0.3, 0.4) is 0 Å². The van der Waals surface area contributed by atoms with Crippen molar-refractivity contribution in [2.75, 3.05) is 12.0 Å². The molecule has 3 aromatic carbocycles. The molecular formula is C30H24N2O5S. The first-order valence-corrected chi connectivity index (χ1v) is 13.0. The summed E-state index contributed by atoms with van der Waals surface area (Å²) in [4.78, 5) is 33.7. The maximum atomic E-state index is 13.9. The van der Waals surface area contributed by atoms with Crippen LogP contribution in [0.5, 0.6) is 11.5 Å². The van der Waals surface area contributed by atoms with E-state index in [1.807, 2.05) is 61.7 Å². The summed E-state index contributed by atoms with van der Waals surface area (Å²) < 4.78 is 17.8.